The molecule has 2 aliphatic rings. The molecule has 0 bridgehead atoms. The molecule has 0 saturated heterocycles. The van der Waals surface area contributed by atoms with Crippen LogP contribution in [0, 0.1) is 11.8 Å². The Morgan fingerprint density at radius 2 is 2.14 bits per heavy atom. The van der Waals surface area contributed by atoms with E-state index in [0.717, 1.165) is 6.42 Å². The molecule has 2 fully saturated rings. The summed E-state index contributed by atoms with van der Waals surface area (Å²) in [5, 5.41) is 0. The van der Waals surface area contributed by atoms with Crippen molar-refractivity contribution in [3.63, 3.8) is 0 Å². The van der Waals surface area contributed by atoms with E-state index in [4.69, 9.17) is 20.3 Å². The van der Waals surface area contributed by atoms with E-state index >= 15 is 0 Å². The van der Waals surface area contributed by atoms with Crippen LogP contribution in [0.25, 0.3) is 11.2 Å². The number of imidazole rings is 1. The lowest BCUT2D eigenvalue weighted by Gasteiger charge is -2.18. The second kappa shape index (κ2) is 4.73. The van der Waals surface area contributed by atoms with E-state index in [9.17, 15) is 4.57 Å². The Balaban J connectivity index is 1.57. The van der Waals surface area contributed by atoms with E-state index in [1.54, 1.807) is 6.33 Å². The van der Waals surface area contributed by atoms with Gasteiger partial charge in [-0.25, -0.2) is 15.0 Å². The van der Waals surface area contributed by atoms with Crippen molar-refractivity contribution >= 4 is 24.6 Å². The molecule has 0 radical (unpaired) electrons. The first-order chi connectivity index (χ1) is 10.4. The lowest BCUT2D eigenvalue weighted by molar-refractivity contribution is 0.0607. The number of nitrogen functional groups attached to an aromatic ring is 1. The largest absolute Gasteiger partial charge is 0.382 e. The predicted molar refractivity (Wildman–Crippen MR) is 76.8 cm³/mol. The van der Waals surface area contributed by atoms with Gasteiger partial charge in [-0.1, -0.05) is 0 Å². The summed E-state index contributed by atoms with van der Waals surface area (Å²) in [5.41, 5.74) is 7.07. The molecule has 4 atom stereocenters. The number of ether oxygens (including phenoxy) is 1. The average Bonchev–Trinajstić information content (AvgIpc) is 2.97. The van der Waals surface area contributed by atoms with Gasteiger partial charge in [-0.15, -0.1) is 0 Å². The highest BCUT2D eigenvalue weighted by molar-refractivity contribution is 7.51. The Morgan fingerprint density at radius 3 is 2.91 bits per heavy atom. The van der Waals surface area contributed by atoms with Gasteiger partial charge in [0.1, 0.15) is 18.2 Å². The molecule has 2 aromatic rings. The summed E-state index contributed by atoms with van der Waals surface area (Å²) in [6.45, 7) is 0. The molecule has 0 aliphatic heterocycles. The zero-order valence-electron chi connectivity index (χ0n) is 11.6. The van der Waals surface area contributed by atoms with Crippen LogP contribution in [0.1, 0.15) is 18.9 Å². The molecule has 118 valence electrons. The lowest BCUT2D eigenvalue weighted by Crippen LogP contribution is -2.16. The Morgan fingerprint density at radius 1 is 1.32 bits per heavy atom. The fourth-order valence-corrected chi connectivity index (χ4v) is 3.90. The second-order valence-electron chi connectivity index (χ2n) is 5.95. The number of anilines is 1. The minimum Gasteiger partial charge on any atom is -0.382 e. The number of nitrogens with zero attached hydrogens (tertiary/aromatic N) is 4. The highest BCUT2D eigenvalue weighted by Gasteiger charge is 2.56. The molecule has 0 aromatic carbocycles. The maximum absolute atomic E-state index is 11.0. The molecular formula is C12H16N5O4P. The normalized spacial score (nSPS) is 30.6. The Hall–Kier alpha value is -1.54. The topological polar surface area (TPSA) is 136 Å². The first kappa shape index (κ1) is 14.1. The van der Waals surface area contributed by atoms with Crippen LogP contribution in [0.5, 0.6) is 0 Å². The monoisotopic (exact) mass is 325 g/mol. The second-order valence-corrected chi connectivity index (χ2v) is 7.54. The van der Waals surface area contributed by atoms with Crippen molar-refractivity contribution < 1.29 is 19.1 Å². The van der Waals surface area contributed by atoms with Crippen molar-refractivity contribution in [3.05, 3.63) is 12.7 Å². The van der Waals surface area contributed by atoms with Crippen LogP contribution >= 0.6 is 7.60 Å². The minimum absolute atomic E-state index is 0.126. The van der Waals surface area contributed by atoms with Crippen LogP contribution < -0.4 is 5.73 Å². The highest BCUT2D eigenvalue weighted by Crippen LogP contribution is 2.59. The number of aromatic nitrogens is 4. The van der Waals surface area contributed by atoms with Crippen LogP contribution in [0.2, 0.25) is 0 Å². The zero-order chi connectivity index (χ0) is 15.5. The molecule has 2 heterocycles. The number of fused-ring (bicyclic) bond motifs is 2. The molecule has 2 saturated carbocycles. The molecule has 4 N–H and O–H groups in total. The number of rotatable bonds is 4. The number of hydrogen-bond donors (Lipinski definition) is 3. The molecule has 10 heteroatoms. The smallest absolute Gasteiger partial charge is 0.350 e. The summed E-state index contributed by atoms with van der Waals surface area (Å²) >= 11 is 0. The number of hydrogen-bond acceptors (Lipinski definition) is 6. The van der Waals surface area contributed by atoms with Gasteiger partial charge in [0, 0.05) is 6.04 Å². The Bertz CT molecular complexity index is 774. The van der Waals surface area contributed by atoms with Crippen LogP contribution in [0.15, 0.2) is 12.7 Å². The third kappa shape index (κ3) is 2.30. The molecule has 2 aromatic heterocycles. The fraction of sp³-hybridized carbons (Fsp3) is 0.583. The Kier molecular flexibility index (Phi) is 3.02. The summed E-state index contributed by atoms with van der Waals surface area (Å²) in [5.74, 6) is 1.15. The van der Waals surface area contributed by atoms with E-state index in [1.807, 2.05) is 4.57 Å². The lowest BCUT2D eigenvalue weighted by atomic mass is 10.1. The van der Waals surface area contributed by atoms with Crippen molar-refractivity contribution in [1.82, 2.24) is 19.5 Å². The van der Waals surface area contributed by atoms with E-state index < -0.39 is 13.9 Å². The summed E-state index contributed by atoms with van der Waals surface area (Å²) in [4.78, 5) is 30.3. The summed E-state index contributed by atoms with van der Waals surface area (Å²) in [7, 11) is -4.13. The molecule has 0 amide bonds. The van der Waals surface area contributed by atoms with Crippen molar-refractivity contribution in [2.24, 2.45) is 11.8 Å². The standard InChI is InChI=1S/C12H16N5O4P/c13-11-10-12(15-3-14-11)17(4-16-10)8-2-9(7-1-6(7)8)21-5-22(18,19)20/h3-4,6-9H,1-2,5H2,(H2,13,14,15)(H2,18,19,20)/t6-,7+,8-,9+/m0/s1. The van der Waals surface area contributed by atoms with Crippen LogP contribution in [-0.2, 0) is 9.30 Å². The SMILES string of the molecule is Nc1ncnc2c1ncn2[C@H]1C[C@@H](OCP(=O)(O)O)[C@@H]2C[C@@H]21. The maximum Gasteiger partial charge on any atom is 0.350 e. The summed E-state index contributed by atoms with van der Waals surface area (Å²) in [6.07, 6.45) is 4.17. The van der Waals surface area contributed by atoms with Crippen molar-refractivity contribution in [2.75, 3.05) is 12.1 Å². The van der Waals surface area contributed by atoms with Crippen molar-refractivity contribution in [1.29, 1.82) is 0 Å². The molecule has 2 aliphatic carbocycles. The average molecular weight is 325 g/mol. The minimum atomic E-state index is -4.13. The van der Waals surface area contributed by atoms with Gasteiger partial charge in [-0.05, 0) is 24.7 Å². The predicted octanol–water partition coefficient (Wildman–Crippen LogP) is 0.510. The summed E-state index contributed by atoms with van der Waals surface area (Å²) < 4.78 is 18.4. The zero-order valence-corrected chi connectivity index (χ0v) is 12.5. The molecule has 4 rings (SSSR count). The van der Waals surface area contributed by atoms with Crippen LogP contribution in [0.3, 0.4) is 0 Å². The Labute approximate surface area is 125 Å². The first-order valence-corrected chi connectivity index (χ1v) is 8.83. The van der Waals surface area contributed by atoms with Gasteiger partial charge in [0.2, 0.25) is 0 Å². The first-order valence-electron chi connectivity index (χ1n) is 7.03. The van der Waals surface area contributed by atoms with Gasteiger partial charge >= 0.3 is 7.60 Å². The fourth-order valence-electron chi connectivity index (χ4n) is 3.51. The molecule has 9 nitrogen and oxygen atoms in total. The van der Waals surface area contributed by atoms with Gasteiger partial charge in [-0.2, -0.15) is 0 Å². The van der Waals surface area contributed by atoms with E-state index in [0.29, 0.717) is 35.2 Å². The van der Waals surface area contributed by atoms with E-state index in [2.05, 4.69) is 15.0 Å². The van der Waals surface area contributed by atoms with Crippen molar-refractivity contribution in [2.45, 2.75) is 25.0 Å². The number of nitrogens with two attached hydrogens (primary N) is 1. The quantitative estimate of drug-likeness (QED) is 0.692. The van der Waals surface area contributed by atoms with Gasteiger partial charge in [0.05, 0.1) is 12.4 Å². The molecule has 22 heavy (non-hydrogen) atoms. The summed E-state index contributed by atoms with van der Waals surface area (Å²) in [6, 6.07) is 0.172. The van der Waals surface area contributed by atoms with Crippen LogP contribution in [0.4, 0.5) is 5.82 Å². The van der Waals surface area contributed by atoms with Gasteiger partial charge in [0.25, 0.3) is 0 Å². The molecular weight excluding hydrogens is 309 g/mol. The molecule has 0 spiro atoms. The molecule has 0 unspecified atom stereocenters. The van der Waals surface area contributed by atoms with Gasteiger partial charge < -0.3 is 24.8 Å². The van der Waals surface area contributed by atoms with E-state index in [1.165, 1.54) is 6.33 Å². The van der Waals surface area contributed by atoms with Gasteiger partial charge in [-0.3, -0.25) is 4.57 Å². The van der Waals surface area contributed by atoms with Crippen LogP contribution in [-0.4, -0.2) is 41.8 Å². The third-order valence-corrected chi connectivity index (χ3v) is 5.02. The van der Waals surface area contributed by atoms with Crippen molar-refractivity contribution in [3.8, 4) is 0 Å². The third-order valence-electron chi connectivity index (χ3n) is 4.54. The highest BCUT2D eigenvalue weighted by atomic mass is 31.2. The van der Waals surface area contributed by atoms with Gasteiger partial charge in [0.15, 0.2) is 11.5 Å². The maximum atomic E-state index is 11.0. The van der Waals surface area contributed by atoms with E-state index in [-0.39, 0.29) is 12.1 Å².